The third-order valence-electron chi connectivity index (χ3n) is 8.76. The van der Waals surface area contributed by atoms with Crippen LogP contribution in [0.2, 0.25) is 0 Å². The summed E-state index contributed by atoms with van der Waals surface area (Å²) in [5, 5.41) is 2.37. The van der Waals surface area contributed by atoms with Gasteiger partial charge >= 0.3 is 0 Å². The van der Waals surface area contributed by atoms with Crippen LogP contribution in [0.4, 0.5) is 0 Å². The molecule has 0 spiro atoms. The molecule has 5 aromatic carbocycles. The molecule has 3 nitrogen and oxygen atoms in total. The summed E-state index contributed by atoms with van der Waals surface area (Å²) >= 11 is 0. The molecule has 204 valence electrons. The van der Waals surface area contributed by atoms with E-state index in [1.54, 1.807) is 0 Å². The van der Waals surface area contributed by atoms with Crippen LogP contribution in [0.15, 0.2) is 140 Å². The summed E-state index contributed by atoms with van der Waals surface area (Å²) in [7, 11) is 0. The van der Waals surface area contributed by atoms with Crippen molar-refractivity contribution in [1.82, 2.24) is 15.0 Å². The van der Waals surface area contributed by atoms with E-state index >= 15 is 0 Å². The molecule has 3 heteroatoms. The molecule has 0 saturated heterocycles. The lowest BCUT2D eigenvalue weighted by Crippen LogP contribution is -2.16. The maximum absolute atomic E-state index is 5.12. The molecule has 0 bridgehead atoms. The molecule has 0 aliphatic heterocycles. The van der Waals surface area contributed by atoms with Crippen molar-refractivity contribution in [3.8, 4) is 56.3 Å². The summed E-state index contributed by atoms with van der Waals surface area (Å²) in [6.07, 6.45) is 1.81. The molecule has 7 aromatic rings. The Bertz CT molecular complexity index is 2090. The van der Waals surface area contributed by atoms with Crippen molar-refractivity contribution in [3.63, 3.8) is 0 Å². The average Bonchev–Trinajstić information content (AvgIpc) is 3.31. The minimum absolute atomic E-state index is 0.100. The molecular formula is C40H29N3. The molecule has 0 amide bonds. The smallest absolute Gasteiger partial charge is 0.160 e. The number of pyridine rings is 1. The SMILES string of the molecule is CC1(C)c2ccccc2-c2cccc(-c3ccc(-c4cc(-c5ccccn5)nc(-c5ccccc5)n4)c4ccccc34)c21. The second-order valence-corrected chi connectivity index (χ2v) is 11.6. The Hall–Kier alpha value is -5.41. The van der Waals surface area contributed by atoms with Gasteiger partial charge in [0.15, 0.2) is 5.82 Å². The van der Waals surface area contributed by atoms with Crippen LogP contribution in [-0.2, 0) is 5.41 Å². The van der Waals surface area contributed by atoms with Gasteiger partial charge in [-0.1, -0.05) is 129 Å². The highest BCUT2D eigenvalue weighted by Crippen LogP contribution is 2.52. The standard InChI is InChI=1S/C40H29N3/c1-40(2)34-20-9-8-17-30(34)33-19-12-18-32(38(33)40)29-22-23-31(28-16-7-6-15-27(28)29)36-25-37(35-21-10-11-24-41-35)43-39(42-36)26-13-4-3-5-14-26/h3-25H,1-2H3. The van der Waals surface area contributed by atoms with E-state index in [0.717, 1.165) is 33.6 Å². The highest BCUT2D eigenvalue weighted by atomic mass is 14.9. The van der Waals surface area contributed by atoms with Crippen molar-refractivity contribution in [2.45, 2.75) is 19.3 Å². The summed E-state index contributed by atoms with van der Waals surface area (Å²) in [5.41, 5.74) is 12.4. The summed E-state index contributed by atoms with van der Waals surface area (Å²) in [5.74, 6) is 0.687. The van der Waals surface area contributed by atoms with Crippen LogP contribution in [0.5, 0.6) is 0 Å². The van der Waals surface area contributed by atoms with E-state index < -0.39 is 0 Å². The monoisotopic (exact) mass is 551 g/mol. The molecule has 43 heavy (non-hydrogen) atoms. The first-order valence-electron chi connectivity index (χ1n) is 14.7. The zero-order valence-corrected chi connectivity index (χ0v) is 24.1. The second kappa shape index (κ2) is 9.85. The first-order valence-corrected chi connectivity index (χ1v) is 14.7. The van der Waals surface area contributed by atoms with Gasteiger partial charge in [0.1, 0.15) is 0 Å². The minimum Gasteiger partial charge on any atom is -0.255 e. The summed E-state index contributed by atoms with van der Waals surface area (Å²) in [4.78, 5) is 14.7. The molecule has 2 heterocycles. The van der Waals surface area contributed by atoms with Crippen molar-refractivity contribution in [2.75, 3.05) is 0 Å². The fraction of sp³-hybridized carbons (Fsp3) is 0.0750. The van der Waals surface area contributed by atoms with Gasteiger partial charge in [-0.05, 0) is 62.4 Å². The molecule has 1 aliphatic carbocycles. The summed E-state index contributed by atoms with van der Waals surface area (Å²) in [6.45, 7) is 4.70. The van der Waals surface area contributed by atoms with Crippen molar-refractivity contribution in [2.24, 2.45) is 0 Å². The third kappa shape index (κ3) is 4.08. The van der Waals surface area contributed by atoms with Crippen LogP contribution >= 0.6 is 0 Å². The van der Waals surface area contributed by atoms with Gasteiger partial charge in [0.25, 0.3) is 0 Å². The van der Waals surface area contributed by atoms with Crippen LogP contribution in [0.3, 0.4) is 0 Å². The Morgan fingerprint density at radius 2 is 1.09 bits per heavy atom. The Labute approximate surface area is 251 Å². The third-order valence-corrected chi connectivity index (χ3v) is 8.76. The van der Waals surface area contributed by atoms with Gasteiger partial charge in [-0.15, -0.1) is 0 Å². The molecular weight excluding hydrogens is 522 g/mol. The van der Waals surface area contributed by atoms with Crippen molar-refractivity contribution < 1.29 is 0 Å². The molecule has 0 N–H and O–H groups in total. The van der Waals surface area contributed by atoms with Gasteiger partial charge in [-0.2, -0.15) is 0 Å². The van der Waals surface area contributed by atoms with Gasteiger partial charge < -0.3 is 0 Å². The predicted octanol–water partition coefficient (Wildman–Crippen LogP) is 10.00. The fourth-order valence-electron chi connectivity index (χ4n) is 6.78. The molecule has 2 aromatic heterocycles. The fourth-order valence-corrected chi connectivity index (χ4v) is 6.78. The van der Waals surface area contributed by atoms with Gasteiger partial charge in [-0.25, -0.2) is 9.97 Å². The highest BCUT2D eigenvalue weighted by molar-refractivity contribution is 6.06. The zero-order valence-electron chi connectivity index (χ0n) is 24.1. The topological polar surface area (TPSA) is 38.7 Å². The summed E-state index contributed by atoms with van der Waals surface area (Å²) in [6, 6.07) is 46.9. The van der Waals surface area contributed by atoms with Crippen molar-refractivity contribution in [3.05, 3.63) is 151 Å². The number of aromatic nitrogens is 3. The molecule has 0 radical (unpaired) electrons. The highest BCUT2D eigenvalue weighted by Gasteiger charge is 2.37. The van der Waals surface area contributed by atoms with E-state index in [2.05, 4.69) is 116 Å². The number of fused-ring (bicyclic) bond motifs is 4. The van der Waals surface area contributed by atoms with Gasteiger partial charge in [-0.3, -0.25) is 4.98 Å². The van der Waals surface area contributed by atoms with Crippen LogP contribution < -0.4 is 0 Å². The van der Waals surface area contributed by atoms with Crippen LogP contribution in [0, 0.1) is 0 Å². The Balaban J connectivity index is 1.35. The van der Waals surface area contributed by atoms with Crippen LogP contribution in [0.25, 0.3) is 67.1 Å². The lowest BCUT2D eigenvalue weighted by molar-refractivity contribution is 0.662. The van der Waals surface area contributed by atoms with E-state index in [1.807, 2.05) is 42.6 Å². The Morgan fingerprint density at radius 1 is 0.465 bits per heavy atom. The van der Waals surface area contributed by atoms with Crippen molar-refractivity contribution >= 4 is 10.8 Å². The second-order valence-electron chi connectivity index (χ2n) is 11.6. The summed E-state index contributed by atoms with van der Waals surface area (Å²) < 4.78 is 0. The largest absolute Gasteiger partial charge is 0.255 e. The van der Waals surface area contributed by atoms with Crippen LogP contribution in [0.1, 0.15) is 25.0 Å². The first-order chi connectivity index (χ1) is 21.1. The maximum atomic E-state index is 5.12. The molecule has 0 fully saturated rings. The number of hydrogen-bond acceptors (Lipinski definition) is 3. The van der Waals surface area contributed by atoms with Crippen LogP contribution in [-0.4, -0.2) is 15.0 Å². The molecule has 0 unspecified atom stereocenters. The minimum atomic E-state index is -0.100. The molecule has 0 saturated carbocycles. The van der Waals surface area contributed by atoms with E-state index in [-0.39, 0.29) is 5.41 Å². The van der Waals surface area contributed by atoms with Gasteiger partial charge in [0.2, 0.25) is 0 Å². The number of hydrogen-bond donors (Lipinski definition) is 0. The Kier molecular flexibility index (Phi) is 5.80. The molecule has 1 aliphatic rings. The van der Waals surface area contributed by atoms with Gasteiger partial charge in [0.05, 0.1) is 17.1 Å². The van der Waals surface area contributed by atoms with E-state index in [1.165, 1.54) is 38.8 Å². The average molecular weight is 552 g/mol. The first kappa shape index (κ1) is 25.3. The van der Waals surface area contributed by atoms with E-state index in [0.29, 0.717) is 5.82 Å². The molecule has 0 atom stereocenters. The number of nitrogens with zero attached hydrogens (tertiary/aromatic N) is 3. The quantitative estimate of drug-likeness (QED) is 0.218. The van der Waals surface area contributed by atoms with Gasteiger partial charge in [0, 0.05) is 22.7 Å². The van der Waals surface area contributed by atoms with E-state index in [4.69, 9.17) is 9.97 Å². The number of rotatable bonds is 4. The normalized spacial score (nSPS) is 13.1. The van der Waals surface area contributed by atoms with E-state index in [9.17, 15) is 0 Å². The Morgan fingerprint density at radius 3 is 1.88 bits per heavy atom. The maximum Gasteiger partial charge on any atom is 0.160 e. The number of benzene rings is 5. The zero-order chi connectivity index (χ0) is 29.0. The van der Waals surface area contributed by atoms with Crippen molar-refractivity contribution in [1.29, 1.82) is 0 Å². The predicted molar refractivity (Wildman–Crippen MR) is 177 cm³/mol. The molecule has 8 rings (SSSR count). The lowest BCUT2D eigenvalue weighted by Gasteiger charge is -2.25. The lowest BCUT2D eigenvalue weighted by atomic mass is 9.78.